The van der Waals surface area contributed by atoms with Gasteiger partial charge in [-0.1, -0.05) is 56.1 Å². The normalized spacial score (nSPS) is 13.2. The Bertz CT molecular complexity index is 719. The van der Waals surface area contributed by atoms with Crippen LogP contribution in [0.15, 0.2) is 77.9 Å². The molecule has 0 saturated carbocycles. The van der Waals surface area contributed by atoms with Crippen LogP contribution in [0.3, 0.4) is 0 Å². The fourth-order valence-corrected chi connectivity index (χ4v) is 2.14. The maximum absolute atomic E-state index is 4.14. The largest absolute Gasteiger partial charge is 0.158 e. The van der Waals surface area contributed by atoms with Crippen molar-refractivity contribution >= 4 is 55.7 Å². The molecule has 0 bridgehead atoms. The van der Waals surface area contributed by atoms with E-state index in [1.807, 2.05) is 62.4 Å². The van der Waals surface area contributed by atoms with Crippen LogP contribution in [-0.2, 0) is 0 Å². The summed E-state index contributed by atoms with van der Waals surface area (Å²) >= 11 is 6.79. The first-order chi connectivity index (χ1) is 11.5. The zero-order chi connectivity index (χ0) is 17.4. The van der Waals surface area contributed by atoms with Crippen LogP contribution < -0.4 is 0 Å². The molecule has 122 valence electrons. The molecule has 0 aliphatic carbocycles. The second-order valence-corrected chi connectivity index (χ2v) is 6.79. The Morgan fingerprint density at radius 1 is 0.667 bits per heavy atom. The number of hydrogen-bond donors (Lipinski definition) is 0. The van der Waals surface area contributed by atoms with E-state index in [4.69, 9.17) is 0 Å². The van der Waals surface area contributed by atoms with Crippen molar-refractivity contribution in [3.8, 4) is 0 Å². The molecule has 2 rings (SSSR count). The monoisotopic (exact) mass is 446 g/mol. The van der Waals surface area contributed by atoms with Crippen molar-refractivity contribution in [3.05, 3.63) is 68.6 Å². The molecule has 6 heteroatoms. The number of benzene rings is 2. The quantitative estimate of drug-likeness (QED) is 0.429. The zero-order valence-corrected chi connectivity index (χ0v) is 16.5. The third-order valence-corrected chi connectivity index (χ3v) is 4.15. The molecule has 2 aromatic carbocycles. The molecule has 24 heavy (non-hydrogen) atoms. The van der Waals surface area contributed by atoms with E-state index in [-0.39, 0.29) is 0 Å². The minimum Gasteiger partial charge on any atom is -0.158 e. The van der Waals surface area contributed by atoms with Crippen LogP contribution in [0.25, 0.3) is 0 Å². The molecule has 0 aliphatic rings. The van der Waals surface area contributed by atoms with Gasteiger partial charge in [0.25, 0.3) is 0 Å². The summed E-state index contributed by atoms with van der Waals surface area (Å²) < 4.78 is 2.07. The molecule has 0 aliphatic heterocycles. The van der Waals surface area contributed by atoms with E-state index in [0.717, 1.165) is 31.5 Å². The summed E-state index contributed by atoms with van der Waals surface area (Å²) in [5.74, 6) is 0. The van der Waals surface area contributed by atoms with Gasteiger partial charge in [0, 0.05) is 8.95 Å². The van der Waals surface area contributed by atoms with E-state index in [1.165, 1.54) is 0 Å². The maximum Gasteiger partial charge on any atom is 0.0829 e. The lowest BCUT2D eigenvalue weighted by atomic mass is 10.2. The predicted molar refractivity (Wildman–Crippen MR) is 110 cm³/mol. The molecule has 0 amide bonds. The Hall–Kier alpha value is -1.92. The van der Waals surface area contributed by atoms with Crippen LogP contribution in [0.2, 0.25) is 0 Å². The minimum atomic E-state index is 0.719. The average Bonchev–Trinajstić information content (AvgIpc) is 2.58. The summed E-state index contributed by atoms with van der Waals surface area (Å²) in [5.41, 5.74) is 3.41. The Kier molecular flexibility index (Phi) is 7.21. The van der Waals surface area contributed by atoms with E-state index < -0.39 is 0 Å². The summed E-state index contributed by atoms with van der Waals surface area (Å²) in [6, 6.07) is 15.7. The fourth-order valence-electron chi connectivity index (χ4n) is 1.61. The average molecular weight is 448 g/mol. The predicted octanol–water partition coefficient (Wildman–Crippen LogP) is 5.50. The number of hydrogen-bond acceptors (Lipinski definition) is 4. The lowest BCUT2D eigenvalue weighted by molar-refractivity contribution is 1.22. The standard InChI is InChI=1S/C18H16Br2N4/c1-13(23-21-11-15-3-7-17(19)8-4-15)14(2)24-22-12-16-5-9-18(20)10-6-16/h3-12H,1-2H3/b21-11+,22-12+,23-13+,24-14+. The Balaban J connectivity index is 1.98. The van der Waals surface area contributed by atoms with Crippen LogP contribution >= 0.6 is 31.9 Å². The van der Waals surface area contributed by atoms with E-state index in [2.05, 4.69) is 52.3 Å². The topological polar surface area (TPSA) is 49.4 Å². The van der Waals surface area contributed by atoms with Gasteiger partial charge in [0.2, 0.25) is 0 Å². The molecule has 0 N–H and O–H groups in total. The lowest BCUT2D eigenvalue weighted by Crippen LogP contribution is -2.04. The highest BCUT2D eigenvalue weighted by Crippen LogP contribution is 2.09. The zero-order valence-electron chi connectivity index (χ0n) is 13.3. The smallest absolute Gasteiger partial charge is 0.0829 e. The Morgan fingerprint density at radius 3 is 1.33 bits per heavy atom. The Morgan fingerprint density at radius 2 is 1.00 bits per heavy atom. The Labute approximate surface area is 158 Å². The molecule has 0 radical (unpaired) electrons. The van der Waals surface area contributed by atoms with Gasteiger partial charge in [-0.05, 0) is 49.2 Å². The molecule has 0 fully saturated rings. The number of nitrogens with zero attached hydrogens (tertiary/aromatic N) is 4. The highest BCUT2D eigenvalue weighted by Gasteiger charge is 1.95. The molecular formula is C18H16Br2N4. The third-order valence-electron chi connectivity index (χ3n) is 3.09. The van der Waals surface area contributed by atoms with Crippen molar-refractivity contribution in [2.75, 3.05) is 0 Å². The van der Waals surface area contributed by atoms with Gasteiger partial charge < -0.3 is 0 Å². The summed E-state index contributed by atoms with van der Waals surface area (Å²) in [5, 5.41) is 16.4. The first-order valence-corrected chi connectivity index (χ1v) is 8.80. The van der Waals surface area contributed by atoms with E-state index in [0.29, 0.717) is 0 Å². The first kappa shape index (κ1) is 18.4. The maximum atomic E-state index is 4.14. The molecule has 0 heterocycles. The van der Waals surface area contributed by atoms with Gasteiger partial charge in [-0.15, -0.1) is 0 Å². The van der Waals surface area contributed by atoms with Crippen molar-refractivity contribution in [3.63, 3.8) is 0 Å². The third kappa shape index (κ3) is 6.29. The first-order valence-electron chi connectivity index (χ1n) is 7.21. The van der Waals surface area contributed by atoms with E-state index >= 15 is 0 Å². The molecule has 0 saturated heterocycles. The summed E-state index contributed by atoms with van der Waals surface area (Å²) in [7, 11) is 0. The van der Waals surface area contributed by atoms with Crippen LogP contribution in [0, 0.1) is 0 Å². The van der Waals surface area contributed by atoms with Crippen molar-refractivity contribution in [1.29, 1.82) is 0 Å². The van der Waals surface area contributed by atoms with Gasteiger partial charge >= 0.3 is 0 Å². The lowest BCUT2D eigenvalue weighted by Gasteiger charge is -1.95. The van der Waals surface area contributed by atoms with Gasteiger partial charge in [-0.25, -0.2) is 0 Å². The molecule has 2 aromatic rings. The minimum absolute atomic E-state index is 0.719. The van der Waals surface area contributed by atoms with E-state index in [1.54, 1.807) is 12.4 Å². The highest BCUT2D eigenvalue weighted by atomic mass is 79.9. The second-order valence-electron chi connectivity index (χ2n) is 4.96. The van der Waals surface area contributed by atoms with Gasteiger partial charge in [0.15, 0.2) is 0 Å². The molecule has 0 aromatic heterocycles. The van der Waals surface area contributed by atoms with Crippen LogP contribution in [0.5, 0.6) is 0 Å². The summed E-state index contributed by atoms with van der Waals surface area (Å²) in [4.78, 5) is 0. The highest BCUT2D eigenvalue weighted by molar-refractivity contribution is 9.10. The molecular weight excluding hydrogens is 432 g/mol. The van der Waals surface area contributed by atoms with Gasteiger partial charge in [-0.3, -0.25) is 0 Å². The molecule has 0 atom stereocenters. The van der Waals surface area contributed by atoms with Gasteiger partial charge in [0.1, 0.15) is 0 Å². The van der Waals surface area contributed by atoms with E-state index in [9.17, 15) is 0 Å². The second kappa shape index (κ2) is 9.39. The van der Waals surface area contributed by atoms with Gasteiger partial charge in [0.05, 0.1) is 23.9 Å². The molecule has 4 nitrogen and oxygen atoms in total. The number of halogens is 2. The van der Waals surface area contributed by atoms with Crippen molar-refractivity contribution in [2.24, 2.45) is 20.4 Å². The van der Waals surface area contributed by atoms with Crippen LogP contribution in [0.4, 0.5) is 0 Å². The van der Waals surface area contributed by atoms with Crippen LogP contribution in [0.1, 0.15) is 25.0 Å². The van der Waals surface area contributed by atoms with Crippen molar-refractivity contribution < 1.29 is 0 Å². The SMILES string of the molecule is CC(=N\N=C\c1ccc(Br)cc1)/C(C)=N/N=C/c1ccc(Br)cc1. The van der Waals surface area contributed by atoms with Crippen molar-refractivity contribution in [2.45, 2.75) is 13.8 Å². The summed E-state index contributed by atoms with van der Waals surface area (Å²) in [6.45, 7) is 3.71. The van der Waals surface area contributed by atoms with Gasteiger partial charge in [-0.2, -0.15) is 20.4 Å². The summed E-state index contributed by atoms with van der Waals surface area (Å²) in [6.07, 6.45) is 3.41. The van der Waals surface area contributed by atoms with Crippen LogP contribution in [-0.4, -0.2) is 23.9 Å². The number of rotatable bonds is 5. The van der Waals surface area contributed by atoms with Crippen molar-refractivity contribution in [1.82, 2.24) is 0 Å². The fraction of sp³-hybridized carbons (Fsp3) is 0.111. The molecule has 0 unspecified atom stereocenters. The molecule has 0 spiro atoms.